The lowest BCUT2D eigenvalue weighted by Crippen LogP contribution is -2.12. The first kappa shape index (κ1) is 18.6. The third-order valence-electron chi connectivity index (χ3n) is 3.84. The zero-order chi connectivity index (χ0) is 19.4. The largest absolute Gasteiger partial charge is 0.497 e. The van der Waals surface area contributed by atoms with Crippen molar-refractivity contribution in [2.24, 2.45) is 0 Å². The molecule has 140 valence electrons. The summed E-state index contributed by atoms with van der Waals surface area (Å²) in [7, 11) is -1.74. The Labute approximate surface area is 156 Å². The third-order valence-corrected chi connectivity index (χ3v) is 5.59. The fourth-order valence-electron chi connectivity index (χ4n) is 2.27. The van der Waals surface area contributed by atoms with E-state index in [-0.39, 0.29) is 28.1 Å². The Balaban J connectivity index is 1.72. The van der Waals surface area contributed by atoms with E-state index in [1.807, 2.05) is 0 Å². The van der Waals surface area contributed by atoms with E-state index in [1.165, 1.54) is 24.3 Å². The summed E-state index contributed by atoms with van der Waals surface area (Å²) in [5.74, 6) is 0.451. The number of hydrogen-bond acceptors (Lipinski definition) is 7. The zero-order valence-corrected chi connectivity index (χ0v) is 15.5. The average molecular weight is 387 g/mol. The number of benzene rings is 2. The van der Waals surface area contributed by atoms with Gasteiger partial charge in [0.15, 0.2) is 9.84 Å². The molecule has 0 radical (unpaired) electrons. The van der Waals surface area contributed by atoms with Crippen LogP contribution in [0.3, 0.4) is 0 Å². The minimum atomic E-state index is -3.31. The molecule has 1 amide bonds. The quantitative estimate of drug-likeness (QED) is 0.692. The number of sulfone groups is 1. The second-order valence-electron chi connectivity index (χ2n) is 5.52. The van der Waals surface area contributed by atoms with Crippen LogP contribution < -0.4 is 10.1 Å². The number of aromatic nitrogens is 2. The van der Waals surface area contributed by atoms with E-state index in [1.54, 1.807) is 38.3 Å². The summed E-state index contributed by atoms with van der Waals surface area (Å²) in [5, 5.41) is 10.2. The Bertz CT molecular complexity index is 1040. The Morgan fingerprint density at radius 3 is 2.33 bits per heavy atom. The molecule has 3 aromatic rings. The molecule has 1 N–H and O–H groups in total. The lowest BCUT2D eigenvalue weighted by atomic mass is 10.2. The lowest BCUT2D eigenvalue weighted by molar-refractivity contribution is 0.102. The van der Waals surface area contributed by atoms with Crippen molar-refractivity contribution in [2.45, 2.75) is 11.8 Å². The summed E-state index contributed by atoms with van der Waals surface area (Å²) in [6.45, 7) is 1.56. The summed E-state index contributed by atoms with van der Waals surface area (Å²) in [6, 6.07) is 12.6. The molecule has 3 rings (SSSR count). The minimum absolute atomic E-state index is 0.00529. The second kappa shape index (κ2) is 7.58. The number of carbonyl (C=O) groups is 1. The van der Waals surface area contributed by atoms with Crippen LogP contribution in [-0.4, -0.2) is 37.4 Å². The maximum atomic E-state index is 12.3. The SMILES string of the molecule is CCS(=O)(=O)c1ccc(C(=O)Nc2nnc(-c3ccc(OC)cc3)o2)cc1. The molecule has 8 nitrogen and oxygen atoms in total. The first-order chi connectivity index (χ1) is 12.9. The molecule has 0 atom stereocenters. The van der Waals surface area contributed by atoms with Crippen molar-refractivity contribution in [3.8, 4) is 17.2 Å². The van der Waals surface area contributed by atoms with Crippen LogP contribution in [0.4, 0.5) is 6.01 Å². The van der Waals surface area contributed by atoms with Gasteiger partial charge in [-0.15, -0.1) is 5.10 Å². The molecule has 27 heavy (non-hydrogen) atoms. The normalized spacial score (nSPS) is 11.2. The van der Waals surface area contributed by atoms with Crippen LogP contribution in [0.25, 0.3) is 11.5 Å². The van der Waals surface area contributed by atoms with Crippen molar-refractivity contribution < 1.29 is 22.4 Å². The Kier molecular flexibility index (Phi) is 5.22. The molecule has 1 heterocycles. The average Bonchev–Trinajstić information content (AvgIpc) is 3.16. The molecule has 0 spiro atoms. The van der Waals surface area contributed by atoms with Crippen LogP contribution in [0, 0.1) is 0 Å². The fraction of sp³-hybridized carbons (Fsp3) is 0.167. The van der Waals surface area contributed by atoms with E-state index in [9.17, 15) is 13.2 Å². The van der Waals surface area contributed by atoms with Crippen LogP contribution in [0.15, 0.2) is 57.8 Å². The van der Waals surface area contributed by atoms with Crippen molar-refractivity contribution in [1.29, 1.82) is 0 Å². The number of rotatable bonds is 6. The van der Waals surface area contributed by atoms with Crippen molar-refractivity contribution in [3.05, 3.63) is 54.1 Å². The van der Waals surface area contributed by atoms with Gasteiger partial charge in [-0.25, -0.2) is 8.42 Å². The molecule has 0 aliphatic heterocycles. The van der Waals surface area contributed by atoms with Gasteiger partial charge in [-0.2, -0.15) is 0 Å². The number of ether oxygens (including phenoxy) is 1. The number of amides is 1. The smallest absolute Gasteiger partial charge is 0.322 e. The van der Waals surface area contributed by atoms with E-state index in [4.69, 9.17) is 9.15 Å². The number of methoxy groups -OCH3 is 1. The van der Waals surface area contributed by atoms with E-state index < -0.39 is 15.7 Å². The van der Waals surface area contributed by atoms with Gasteiger partial charge in [0, 0.05) is 11.1 Å². The molecule has 0 unspecified atom stereocenters. The molecular formula is C18H17N3O5S. The molecule has 2 aromatic carbocycles. The number of nitrogens with zero attached hydrogens (tertiary/aromatic N) is 2. The molecule has 0 bridgehead atoms. The second-order valence-corrected chi connectivity index (χ2v) is 7.80. The Hall–Kier alpha value is -3.20. The van der Waals surface area contributed by atoms with E-state index in [2.05, 4.69) is 15.5 Å². The van der Waals surface area contributed by atoms with Crippen LogP contribution in [-0.2, 0) is 9.84 Å². The number of nitrogens with one attached hydrogen (secondary N) is 1. The molecule has 0 saturated carbocycles. The van der Waals surface area contributed by atoms with Gasteiger partial charge in [0.1, 0.15) is 5.75 Å². The van der Waals surface area contributed by atoms with Gasteiger partial charge < -0.3 is 9.15 Å². The maximum absolute atomic E-state index is 12.3. The molecule has 0 aliphatic carbocycles. The molecule has 0 saturated heterocycles. The summed E-state index contributed by atoms with van der Waals surface area (Å²) < 4.78 is 34.1. The molecular weight excluding hydrogens is 370 g/mol. The molecule has 0 aliphatic rings. The zero-order valence-electron chi connectivity index (χ0n) is 14.7. The highest BCUT2D eigenvalue weighted by molar-refractivity contribution is 7.91. The Morgan fingerprint density at radius 2 is 1.74 bits per heavy atom. The van der Waals surface area contributed by atoms with E-state index in [0.29, 0.717) is 11.3 Å². The topological polar surface area (TPSA) is 111 Å². The van der Waals surface area contributed by atoms with Crippen molar-refractivity contribution >= 4 is 21.8 Å². The van der Waals surface area contributed by atoms with Gasteiger partial charge in [0.05, 0.1) is 17.8 Å². The third kappa shape index (κ3) is 4.14. The van der Waals surface area contributed by atoms with Gasteiger partial charge in [-0.1, -0.05) is 12.0 Å². The van der Waals surface area contributed by atoms with Gasteiger partial charge in [-0.3, -0.25) is 10.1 Å². The number of anilines is 1. The Morgan fingerprint density at radius 1 is 1.07 bits per heavy atom. The predicted molar refractivity (Wildman–Crippen MR) is 98.4 cm³/mol. The molecule has 9 heteroatoms. The van der Waals surface area contributed by atoms with Gasteiger partial charge >= 0.3 is 6.01 Å². The summed E-state index contributed by atoms with van der Waals surface area (Å²) >= 11 is 0. The summed E-state index contributed by atoms with van der Waals surface area (Å²) in [4.78, 5) is 12.4. The first-order valence-corrected chi connectivity index (χ1v) is 9.70. The first-order valence-electron chi connectivity index (χ1n) is 8.05. The highest BCUT2D eigenvalue weighted by atomic mass is 32.2. The maximum Gasteiger partial charge on any atom is 0.322 e. The van der Waals surface area contributed by atoms with Crippen molar-refractivity contribution in [2.75, 3.05) is 18.2 Å². The van der Waals surface area contributed by atoms with Gasteiger partial charge in [0.25, 0.3) is 5.91 Å². The summed E-state index contributed by atoms with van der Waals surface area (Å²) in [5.41, 5.74) is 0.951. The monoisotopic (exact) mass is 387 g/mol. The van der Waals surface area contributed by atoms with Crippen molar-refractivity contribution in [3.63, 3.8) is 0 Å². The van der Waals surface area contributed by atoms with E-state index in [0.717, 1.165) is 0 Å². The van der Waals surface area contributed by atoms with Crippen LogP contribution >= 0.6 is 0 Å². The fourth-order valence-corrected chi connectivity index (χ4v) is 3.16. The highest BCUT2D eigenvalue weighted by Crippen LogP contribution is 2.23. The molecule has 0 fully saturated rings. The highest BCUT2D eigenvalue weighted by Gasteiger charge is 2.15. The lowest BCUT2D eigenvalue weighted by Gasteiger charge is -2.03. The van der Waals surface area contributed by atoms with Crippen LogP contribution in [0.2, 0.25) is 0 Å². The number of carbonyl (C=O) groups excluding carboxylic acids is 1. The number of hydrogen-bond donors (Lipinski definition) is 1. The predicted octanol–water partition coefficient (Wildman–Crippen LogP) is 2.79. The van der Waals surface area contributed by atoms with Gasteiger partial charge in [0.2, 0.25) is 5.89 Å². The summed E-state index contributed by atoms with van der Waals surface area (Å²) in [6.07, 6.45) is 0. The van der Waals surface area contributed by atoms with E-state index >= 15 is 0 Å². The molecule has 1 aromatic heterocycles. The van der Waals surface area contributed by atoms with Crippen molar-refractivity contribution in [1.82, 2.24) is 10.2 Å². The van der Waals surface area contributed by atoms with Crippen LogP contribution in [0.1, 0.15) is 17.3 Å². The van der Waals surface area contributed by atoms with Gasteiger partial charge in [-0.05, 0) is 48.5 Å². The standard InChI is InChI=1S/C18H17N3O5S/c1-3-27(23,24)15-10-6-12(7-11-15)16(22)19-18-21-20-17(26-18)13-4-8-14(25-2)9-5-13/h4-11H,3H2,1-2H3,(H,19,21,22). The minimum Gasteiger partial charge on any atom is -0.497 e. The van der Waals surface area contributed by atoms with Crippen LogP contribution in [0.5, 0.6) is 5.75 Å².